The number of carbonyl (C=O) groups is 1. The number of nitrogens with zero attached hydrogens (tertiary/aromatic N) is 5. The Morgan fingerprint density at radius 3 is 2.83 bits per heavy atom. The van der Waals surface area contributed by atoms with Crippen molar-refractivity contribution in [2.24, 2.45) is 0 Å². The Morgan fingerprint density at radius 1 is 1.26 bits per heavy atom. The first-order valence-corrected chi connectivity index (χ1v) is 7.35. The standard InChI is InChI=1S/C16H15N5O2/c17-10-14-15(20-8-7-19-14)23-13-2-1-9-21(11-13)16(22)12-3-5-18-6-4-12/h3-8,13H,1-2,9,11H2. The van der Waals surface area contributed by atoms with Crippen LogP contribution in [0.1, 0.15) is 28.9 Å². The maximum atomic E-state index is 12.5. The molecule has 1 aliphatic heterocycles. The minimum absolute atomic E-state index is 0.0413. The molecule has 7 heteroatoms. The minimum Gasteiger partial charge on any atom is -0.470 e. The lowest BCUT2D eigenvalue weighted by Gasteiger charge is -2.32. The number of nitriles is 1. The van der Waals surface area contributed by atoms with Gasteiger partial charge >= 0.3 is 0 Å². The van der Waals surface area contributed by atoms with Crippen molar-refractivity contribution in [3.05, 3.63) is 48.2 Å². The first-order chi connectivity index (χ1) is 11.3. The number of rotatable bonds is 3. The van der Waals surface area contributed by atoms with E-state index in [1.165, 1.54) is 12.4 Å². The Hall–Kier alpha value is -3.01. The fourth-order valence-corrected chi connectivity index (χ4v) is 2.54. The highest BCUT2D eigenvalue weighted by molar-refractivity contribution is 5.94. The summed E-state index contributed by atoms with van der Waals surface area (Å²) >= 11 is 0. The number of ether oxygens (including phenoxy) is 1. The zero-order valence-corrected chi connectivity index (χ0v) is 12.4. The van der Waals surface area contributed by atoms with Crippen molar-refractivity contribution in [3.63, 3.8) is 0 Å². The Balaban J connectivity index is 1.69. The molecular weight excluding hydrogens is 294 g/mol. The van der Waals surface area contributed by atoms with Crippen LogP contribution in [0.4, 0.5) is 0 Å². The molecule has 3 heterocycles. The molecule has 1 fully saturated rings. The molecule has 1 unspecified atom stereocenters. The van der Waals surface area contributed by atoms with Crippen LogP contribution in [0.25, 0.3) is 0 Å². The average molecular weight is 309 g/mol. The topological polar surface area (TPSA) is 92.0 Å². The monoisotopic (exact) mass is 309 g/mol. The number of carbonyl (C=O) groups excluding carboxylic acids is 1. The summed E-state index contributed by atoms with van der Waals surface area (Å²) in [7, 11) is 0. The van der Waals surface area contributed by atoms with E-state index >= 15 is 0 Å². The Labute approximate surface area is 133 Å². The van der Waals surface area contributed by atoms with Crippen LogP contribution < -0.4 is 4.74 Å². The predicted molar refractivity (Wildman–Crippen MR) is 80.5 cm³/mol. The lowest BCUT2D eigenvalue weighted by atomic mass is 10.1. The van der Waals surface area contributed by atoms with Gasteiger partial charge in [-0.2, -0.15) is 5.26 Å². The van der Waals surface area contributed by atoms with Gasteiger partial charge < -0.3 is 9.64 Å². The molecule has 2 aromatic rings. The molecule has 0 radical (unpaired) electrons. The Bertz CT molecular complexity index is 729. The van der Waals surface area contributed by atoms with Gasteiger partial charge in [-0.1, -0.05) is 0 Å². The lowest BCUT2D eigenvalue weighted by molar-refractivity contribution is 0.0526. The number of aromatic nitrogens is 3. The van der Waals surface area contributed by atoms with Crippen molar-refractivity contribution >= 4 is 5.91 Å². The van der Waals surface area contributed by atoms with Gasteiger partial charge in [0.15, 0.2) is 0 Å². The van der Waals surface area contributed by atoms with E-state index in [-0.39, 0.29) is 23.6 Å². The van der Waals surface area contributed by atoms with Crippen LogP contribution in [0.15, 0.2) is 36.9 Å². The lowest BCUT2D eigenvalue weighted by Crippen LogP contribution is -2.44. The number of hydrogen-bond donors (Lipinski definition) is 0. The summed E-state index contributed by atoms with van der Waals surface area (Å²) in [6, 6.07) is 5.35. The molecule has 0 spiro atoms. The van der Waals surface area contributed by atoms with Crippen molar-refractivity contribution in [1.29, 1.82) is 5.26 Å². The van der Waals surface area contributed by atoms with Crippen LogP contribution in [0, 0.1) is 11.3 Å². The van der Waals surface area contributed by atoms with Gasteiger partial charge in [0.2, 0.25) is 5.69 Å². The average Bonchev–Trinajstić information content (AvgIpc) is 2.62. The normalized spacial score (nSPS) is 17.3. The zero-order valence-electron chi connectivity index (χ0n) is 12.4. The van der Waals surface area contributed by atoms with Crippen molar-refractivity contribution in [1.82, 2.24) is 19.9 Å². The largest absolute Gasteiger partial charge is 0.470 e. The predicted octanol–water partition coefficient (Wildman–Crippen LogP) is 1.43. The van der Waals surface area contributed by atoms with Crippen LogP contribution in [0.5, 0.6) is 5.88 Å². The number of pyridine rings is 1. The maximum absolute atomic E-state index is 12.5. The summed E-state index contributed by atoms with van der Waals surface area (Å²) < 4.78 is 5.79. The summed E-state index contributed by atoms with van der Waals surface area (Å²) in [5.74, 6) is 0.179. The van der Waals surface area contributed by atoms with Gasteiger partial charge in [0.1, 0.15) is 12.2 Å². The van der Waals surface area contributed by atoms with E-state index in [1.807, 2.05) is 6.07 Å². The molecule has 0 saturated carbocycles. The molecule has 2 aromatic heterocycles. The van der Waals surface area contributed by atoms with Crippen LogP contribution in [-0.2, 0) is 0 Å². The van der Waals surface area contributed by atoms with Crippen molar-refractivity contribution in [2.45, 2.75) is 18.9 Å². The first-order valence-electron chi connectivity index (χ1n) is 7.35. The van der Waals surface area contributed by atoms with Gasteiger partial charge in [-0.25, -0.2) is 9.97 Å². The Kier molecular flexibility index (Phi) is 4.43. The molecular formula is C16H15N5O2. The summed E-state index contributed by atoms with van der Waals surface area (Å²) in [5.41, 5.74) is 0.767. The summed E-state index contributed by atoms with van der Waals surface area (Å²) in [5, 5.41) is 9.03. The summed E-state index contributed by atoms with van der Waals surface area (Å²) in [4.78, 5) is 26.1. The minimum atomic E-state index is -0.196. The molecule has 116 valence electrons. The zero-order chi connectivity index (χ0) is 16.1. The Morgan fingerprint density at radius 2 is 2.04 bits per heavy atom. The van der Waals surface area contributed by atoms with Crippen LogP contribution in [0.3, 0.4) is 0 Å². The number of likely N-dealkylation sites (tertiary alicyclic amines) is 1. The van der Waals surface area contributed by atoms with E-state index in [0.29, 0.717) is 18.7 Å². The SMILES string of the molecule is N#Cc1nccnc1OC1CCCN(C(=O)c2ccncc2)C1. The highest BCUT2D eigenvalue weighted by atomic mass is 16.5. The molecule has 1 amide bonds. The molecule has 1 atom stereocenters. The van der Waals surface area contributed by atoms with Crippen molar-refractivity contribution in [2.75, 3.05) is 13.1 Å². The van der Waals surface area contributed by atoms with Crippen molar-refractivity contribution < 1.29 is 9.53 Å². The second kappa shape index (κ2) is 6.83. The second-order valence-corrected chi connectivity index (χ2v) is 5.19. The molecule has 1 saturated heterocycles. The summed E-state index contributed by atoms with van der Waals surface area (Å²) in [6.45, 7) is 1.15. The van der Waals surface area contributed by atoms with Gasteiger partial charge in [0.25, 0.3) is 11.8 Å². The van der Waals surface area contributed by atoms with Crippen molar-refractivity contribution in [3.8, 4) is 11.9 Å². The van der Waals surface area contributed by atoms with Gasteiger partial charge in [-0.3, -0.25) is 9.78 Å². The maximum Gasteiger partial charge on any atom is 0.254 e. The van der Waals surface area contributed by atoms with E-state index in [0.717, 1.165) is 12.8 Å². The highest BCUT2D eigenvalue weighted by Gasteiger charge is 2.26. The fraction of sp³-hybridized carbons (Fsp3) is 0.312. The third-order valence-corrected chi connectivity index (χ3v) is 3.64. The third kappa shape index (κ3) is 3.43. The van der Waals surface area contributed by atoms with E-state index in [2.05, 4.69) is 15.0 Å². The molecule has 3 rings (SSSR count). The van der Waals surface area contributed by atoms with E-state index < -0.39 is 0 Å². The van der Waals surface area contributed by atoms with Crippen LogP contribution >= 0.6 is 0 Å². The quantitative estimate of drug-likeness (QED) is 0.851. The number of piperidine rings is 1. The smallest absolute Gasteiger partial charge is 0.254 e. The van der Waals surface area contributed by atoms with E-state index in [9.17, 15) is 4.79 Å². The molecule has 0 aliphatic carbocycles. The van der Waals surface area contributed by atoms with E-state index in [1.54, 1.807) is 29.4 Å². The molecule has 0 N–H and O–H groups in total. The van der Waals surface area contributed by atoms with Gasteiger partial charge in [0, 0.05) is 36.9 Å². The van der Waals surface area contributed by atoms with Crippen LogP contribution in [0.2, 0.25) is 0 Å². The summed E-state index contributed by atoms with van der Waals surface area (Å²) in [6.07, 6.45) is 7.59. The second-order valence-electron chi connectivity index (χ2n) is 5.19. The number of amides is 1. The van der Waals surface area contributed by atoms with E-state index in [4.69, 9.17) is 10.00 Å². The molecule has 7 nitrogen and oxygen atoms in total. The molecule has 1 aliphatic rings. The molecule has 0 aromatic carbocycles. The van der Waals surface area contributed by atoms with Gasteiger partial charge in [0.05, 0.1) is 6.54 Å². The number of hydrogen-bond acceptors (Lipinski definition) is 6. The first kappa shape index (κ1) is 14.9. The van der Waals surface area contributed by atoms with Crippen LogP contribution in [-0.4, -0.2) is 45.0 Å². The van der Waals surface area contributed by atoms with Gasteiger partial charge in [-0.05, 0) is 25.0 Å². The van der Waals surface area contributed by atoms with Gasteiger partial charge in [-0.15, -0.1) is 0 Å². The highest BCUT2D eigenvalue weighted by Crippen LogP contribution is 2.19. The molecule has 0 bridgehead atoms. The molecule has 23 heavy (non-hydrogen) atoms. The third-order valence-electron chi connectivity index (χ3n) is 3.64. The fourth-order valence-electron chi connectivity index (χ4n) is 2.54.